The lowest BCUT2D eigenvalue weighted by molar-refractivity contribution is -0.384. The SMILES string of the molecule is O=[N+]([O-])c1cccc(OS(=O)(=O)NCc2ccccc2)c1. The van der Waals surface area contributed by atoms with Crippen molar-refractivity contribution in [2.24, 2.45) is 0 Å². The molecule has 0 aliphatic carbocycles. The highest BCUT2D eigenvalue weighted by Gasteiger charge is 2.14. The highest BCUT2D eigenvalue weighted by atomic mass is 32.2. The zero-order valence-electron chi connectivity index (χ0n) is 10.8. The van der Waals surface area contributed by atoms with Crippen LogP contribution in [0.15, 0.2) is 54.6 Å². The zero-order chi connectivity index (χ0) is 15.3. The molecule has 0 aliphatic rings. The van der Waals surface area contributed by atoms with Crippen molar-refractivity contribution in [3.63, 3.8) is 0 Å². The number of nitro groups is 1. The second-order valence-electron chi connectivity index (χ2n) is 4.10. The van der Waals surface area contributed by atoms with Crippen LogP contribution >= 0.6 is 0 Å². The molecule has 0 aliphatic heterocycles. The predicted molar refractivity (Wildman–Crippen MR) is 75.9 cm³/mol. The third-order valence-electron chi connectivity index (χ3n) is 2.53. The summed E-state index contributed by atoms with van der Waals surface area (Å²) in [5.41, 5.74) is 0.523. The lowest BCUT2D eigenvalue weighted by atomic mass is 10.2. The lowest BCUT2D eigenvalue weighted by Gasteiger charge is -2.08. The summed E-state index contributed by atoms with van der Waals surface area (Å²) < 4.78 is 30.5. The molecule has 0 unspecified atom stereocenters. The van der Waals surface area contributed by atoms with Gasteiger partial charge in [-0.2, -0.15) is 13.1 Å². The molecule has 21 heavy (non-hydrogen) atoms. The molecular weight excluding hydrogens is 296 g/mol. The normalized spacial score (nSPS) is 11.0. The molecule has 110 valence electrons. The molecule has 2 aromatic carbocycles. The molecule has 0 aromatic heterocycles. The summed E-state index contributed by atoms with van der Waals surface area (Å²) in [4.78, 5) is 9.99. The van der Waals surface area contributed by atoms with Gasteiger partial charge in [0.05, 0.1) is 11.0 Å². The molecule has 2 aromatic rings. The van der Waals surface area contributed by atoms with E-state index in [9.17, 15) is 18.5 Å². The van der Waals surface area contributed by atoms with E-state index in [1.54, 1.807) is 24.3 Å². The Kier molecular flexibility index (Phi) is 4.51. The average Bonchev–Trinajstić information content (AvgIpc) is 2.46. The van der Waals surface area contributed by atoms with Crippen LogP contribution in [0.5, 0.6) is 5.75 Å². The van der Waals surface area contributed by atoms with Crippen LogP contribution in [0.25, 0.3) is 0 Å². The van der Waals surface area contributed by atoms with Crippen LogP contribution in [0.2, 0.25) is 0 Å². The van der Waals surface area contributed by atoms with E-state index in [0.29, 0.717) is 0 Å². The Morgan fingerprint density at radius 1 is 1.10 bits per heavy atom. The van der Waals surface area contributed by atoms with Crippen LogP contribution in [-0.2, 0) is 16.8 Å². The lowest BCUT2D eigenvalue weighted by Crippen LogP contribution is -2.27. The highest BCUT2D eigenvalue weighted by molar-refractivity contribution is 7.85. The smallest absolute Gasteiger partial charge is 0.371 e. The van der Waals surface area contributed by atoms with Crippen molar-refractivity contribution in [1.29, 1.82) is 0 Å². The third kappa shape index (κ3) is 4.55. The fourth-order valence-corrected chi connectivity index (χ4v) is 2.33. The van der Waals surface area contributed by atoms with E-state index in [-0.39, 0.29) is 18.0 Å². The number of nitrogens with zero attached hydrogens (tertiary/aromatic N) is 1. The molecule has 0 saturated heterocycles. The van der Waals surface area contributed by atoms with Gasteiger partial charge >= 0.3 is 10.3 Å². The maximum atomic E-state index is 11.8. The number of nitrogens with one attached hydrogen (secondary N) is 1. The summed E-state index contributed by atoms with van der Waals surface area (Å²) in [5.74, 6) is -0.121. The van der Waals surface area contributed by atoms with Crippen LogP contribution in [0.1, 0.15) is 5.56 Å². The topological polar surface area (TPSA) is 98.5 Å². The minimum Gasteiger partial charge on any atom is -0.371 e. The molecule has 1 N–H and O–H groups in total. The second-order valence-corrected chi connectivity index (χ2v) is 5.46. The van der Waals surface area contributed by atoms with Crippen LogP contribution in [0.3, 0.4) is 0 Å². The molecule has 0 atom stereocenters. The van der Waals surface area contributed by atoms with Gasteiger partial charge < -0.3 is 4.18 Å². The summed E-state index contributed by atoms with van der Waals surface area (Å²) in [6.45, 7) is 0.0676. The summed E-state index contributed by atoms with van der Waals surface area (Å²) in [6, 6.07) is 13.9. The van der Waals surface area contributed by atoms with Crippen molar-refractivity contribution in [2.75, 3.05) is 0 Å². The fourth-order valence-electron chi connectivity index (χ4n) is 1.57. The first-order valence-corrected chi connectivity index (χ1v) is 7.34. The van der Waals surface area contributed by atoms with E-state index in [2.05, 4.69) is 4.72 Å². The van der Waals surface area contributed by atoms with E-state index in [1.165, 1.54) is 18.2 Å². The summed E-state index contributed by atoms with van der Waals surface area (Å²) in [7, 11) is -4.05. The van der Waals surface area contributed by atoms with E-state index in [1.807, 2.05) is 6.07 Å². The number of rotatable bonds is 6. The van der Waals surface area contributed by atoms with Crippen molar-refractivity contribution in [2.45, 2.75) is 6.54 Å². The largest absolute Gasteiger partial charge is 0.382 e. The zero-order valence-corrected chi connectivity index (χ0v) is 11.6. The number of benzene rings is 2. The summed E-state index contributed by atoms with van der Waals surface area (Å²) >= 11 is 0. The molecule has 7 nitrogen and oxygen atoms in total. The molecule has 0 fully saturated rings. The summed E-state index contributed by atoms with van der Waals surface area (Å²) in [5, 5.41) is 10.6. The first-order valence-electron chi connectivity index (χ1n) is 5.94. The first-order chi connectivity index (χ1) is 9.96. The van der Waals surface area contributed by atoms with Gasteiger partial charge in [-0.1, -0.05) is 36.4 Å². The van der Waals surface area contributed by atoms with Crippen molar-refractivity contribution >= 4 is 16.0 Å². The van der Waals surface area contributed by atoms with Crippen LogP contribution < -0.4 is 8.91 Å². The van der Waals surface area contributed by atoms with Gasteiger partial charge in [0.25, 0.3) is 5.69 Å². The molecule has 0 bridgehead atoms. The second kappa shape index (κ2) is 6.33. The van der Waals surface area contributed by atoms with Crippen molar-refractivity contribution < 1.29 is 17.5 Å². The van der Waals surface area contributed by atoms with Gasteiger partial charge in [0, 0.05) is 12.6 Å². The van der Waals surface area contributed by atoms with Gasteiger partial charge in [0.2, 0.25) is 0 Å². The summed E-state index contributed by atoms with van der Waals surface area (Å²) in [6.07, 6.45) is 0. The third-order valence-corrected chi connectivity index (χ3v) is 3.44. The molecule has 0 spiro atoms. The molecular formula is C13H12N2O5S. The van der Waals surface area contributed by atoms with Crippen molar-refractivity contribution in [1.82, 2.24) is 4.72 Å². The van der Waals surface area contributed by atoms with E-state index in [0.717, 1.165) is 11.6 Å². The number of hydrogen-bond acceptors (Lipinski definition) is 5. The van der Waals surface area contributed by atoms with Gasteiger partial charge in [-0.05, 0) is 11.6 Å². The Morgan fingerprint density at radius 3 is 2.48 bits per heavy atom. The van der Waals surface area contributed by atoms with E-state index < -0.39 is 15.2 Å². The monoisotopic (exact) mass is 308 g/mol. The Bertz CT molecular complexity index is 731. The Morgan fingerprint density at radius 2 is 1.81 bits per heavy atom. The van der Waals surface area contributed by atoms with Crippen LogP contribution in [0, 0.1) is 10.1 Å². The molecule has 0 amide bonds. The van der Waals surface area contributed by atoms with E-state index in [4.69, 9.17) is 4.18 Å². The standard InChI is InChI=1S/C13H12N2O5S/c16-15(17)12-7-4-8-13(9-12)20-21(18,19)14-10-11-5-2-1-3-6-11/h1-9,14H,10H2. The van der Waals surface area contributed by atoms with Crippen LogP contribution in [-0.4, -0.2) is 13.3 Å². The molecule has 0 saturated carbocycles. The van der Waals surface area contributed by atoms with E-state index >= 15 is 0 Å². The number of non-ortho nitro benzene ring substituents is 1. The Balaban J connectivity index is 2.04. The van der Waals surface area contributed by atoms with Gasteiger partial charge in [-0.15, -0.1) is 0 Å². The van der Waals surface area contributed by atoms with Gasteiger partial charge in [-0.25, -0.2) is 0 Å². The minimum absolute atomic E-state index is 0.0676. The predicted octanol–water partition coefficient (Wildman–Crippen LogP) is 2.01. The minimum atomic E-state index is -4.05. The molecule has 0 radical (unpaired) electrons. The maximum Gasteiger partial charge on any atom is 0.382 e. The van der Waals surface area contributed by atoms with Crippen molar-refractivity contribution in [3.05, 3.63) is 70.3 Å². The Labute approximate surface area is 121 Å². The number of nitro benzene ring substituents is 1. The molecule has 8 heteroatoms. The fraction of sp³-hybridized carbons (Fsp3) is 0.0769. The van der Waals surface area contributed by atoms with Gasteiger partial charge in [0.15, 0.2) is 5.75 Å². The molecule has 0 heterocycles. The average molecular weight is 308 g/mol. The number of hydrogen-bond donors (Lipinski definition) is 1. The quantitative estimate of drug-likeness (QED) is 0.650. The van der Waals surface area contributed by atoms with Gasteiger partial charge in [0.1, 0.15) is 0 Å². The maximum absolute atomic E-state index is 11.8. The molecule has 2 rings (SSSR count). The first kappa shape index (κ1) is 14.9. The van der Waals surface area contributed by atoms with Gasteiger partial charge in [-0.3, -0.25) is 10.1 Å². The van der Waals surface area contributed by atoms with Crippen molar-refractivity contribution in [3.8, 4) is 5.75 Å². The Hall–Kier alpha value is -2.45. The highest BCUT2D eigenvalue weighted by Crippen LogP contribution is 2.20. The van der Waals surface area contributed by atoms with Crippen LogP contribution in [0.4, 0.5) is 5.69 Å².